The van der Waals surface area contributed by atoms with Crippen molar-refractivity contribution >= 4 is 29.2 Å². The fourth-order valence-electron chi connectivity index (χ4n) is 1.59. The Bertz CT molecular complexity index is 447. The number of aliphatic hydroxyl groups is 1. The summed E-state index contributed by atoms with van der Waals surface area (Å²) < 4.78 is 5.20. The van der Waals surface area contributed by atoms with Crippen LogP contribution in [0, 0.1) is 0 Å². The first-order chi connectivity index (χ1) is 7.49. The van der Waals surface area contributed by atoms with Crippen LogP contribution in [0.25, 0.3) is 0 Å². The third-order valence-electron chi connectivity index (χ3n) is 2.39. The van der Waals surface area contributed by atoms with Crippen molar-refractivity contribution in [2.45, 2.75) is 18.6 Å². The molecule has 0 fully saturated rings. The average Bonchev–Trinajstić information content (AvgIpc) is 2.20. The lowest BCUT2D eigenvalue weighted by molar-refractivity contribution is -0.147. The molecule has 2 atom stereocenters. The van der Waals surface area contributed by atoms with Crippen molar-refractivity contribution in [2.24, 2.45) is 0 Å². The van der Waals surface area contributed by atoms with Gasteiger partial charge in [0.2, 0.25) is 0 Å². The van der Waals surface area contributed by atoms with Crippen LogP contribution in [-0.2, 0) is 4.79 Å². The number of halogens is 2. The molecule has 0 saturated carbocycles. The highest BCUT2D eigenvalue weighted by Crippen LogP contribution is 2.39. The van der Waals surface area contributed by atoms with Crippen LogP contribution in [0.4, 0.5) is 0 Å². The van der Waals surface area contributed by atoms with Crippen molar-refractivity contribution in [1.29, 1.82) is 0 Å². The molecule has 0 bridgehead atoms. The Morgan fingerprint density at radius 3 is 2.62 bits per heavy atom. The number of hydrogen-bond donors (Lipinski definition) is 2. The van der Waals surface area contributed by atoms with E-state index >= 15 is 0 Å². The van der Waals surface area contributed by atoms with Crippen molar-refractivity contribution < 1.29 is 19.7 Å². The zero-order valence-electron chi connectivity index (χ0n) is 7.98. The van der Waals surface area contributed by atoms with Crippen LogP contribution in [0.3, 0.4) is 0 Å². The molecular weight excluding hydrogens is 255 g/mol. The average molecular weight is 263 g/mol. The maximum atomic E-state index is 10.8. The third-order valence-corrected chi connectivity index (χ3v) is 3.12. The quantitative estimate of drug-likeness (QED) is 0.815. The summed E-state index contributed by atoms with van der Waals surface area (Å²) in [6.45, 7) is 0. The lowest BCUT2D eigenvalue weighted by Crippen LogP contribution is -2.32. The lowest BCUT2D eigenvalue weighted by atomic mass is 9.99. The number of rotatable bonds is 1. The van der Waals surface area contributed by atoms with Crippen molar-refractivity contribution in [3.8, 4) is 5.75 Å². The van der Waals surface area contributed by atoms with Crippen LogP contribution in [0.1, 0.15) is 18.1 Å². The fourth-order valence-corrected chi connectivity index (χ4v) is 1.91. The van der Waals surface area contributed by atoms with Crippen molar-refractivity contribution in [3.05, 3.63) is 27.7 Å². The monoisotopic (exact) mass is 262 g/mol. The molecule has 1 heterocycles. The van der Waals surface area contributed by atoms with Gasteiger partial charge in [-0.15, -0.1) is 0 Å². The molecule has 0 aromatic heterocycles. The minimum Gasteiger partial charge on any atom is -0.479 e. The highest BCUT2D eigenvalue weighted by atomic mass is 35.5. The van der Waals surface area contributed by atoms with Crippen LogP contribution >= 0.6 is 23.2 Å². The summed E-state index contributed by atoms with van der Waals surface area (Å²) in [6.07, 6.45) is -1.96. The number of benzene rings is 1. The van der Waals surface area contributed by atoms with E-state index in [1.807, 2.05) is 0 Å². The van der Waals surface area contributed by atoms with E-state index in [1.54, 1.807) is 0 Å². The number of aliphatic hydroxyl groups excluding tert-OH is 1. The Balaban J connectivity index is 2.42. The van der Waals surface area contributed by atoms with Crippen LogP contribution in [0.5, 0.6) is 5.75 Å². The Labute approximate surface area is 101 Å². The van der Waals surface area contributed by atoms with E-state index in [4.69, 9.17) is 33.0 Å². The van der Waals surface area contributed by atoms with Gasteiger partial charge in [-0.25, -0.2) is 4.79 Å². The molecule has 0 amide bonds. The minimum absolute atomic E-state index is 0.000292. The van der Waals surface area contributed by atoms with Gasteiger partial charge in [0.05, 0.1) is 16.1 Å². The van der Waals surface area contributed by atoms with Crippen LogP contribution in [-0.4, -0.2) is 22.3 Å². The maximum absolute atomic E-state index is 10.8. The van der Waals surface area contributed by atoms with Gasteiger partial charge in [-0.2, -0.15) is 0 Å². The summed E-state index contributed by atoms with van der Waals surface area (Å²) in [5.41, 5.74) is 0.465. The Morgan fingerprint density at radius 1 is 1.38 bits per heavy atom. The molecule has 0 radical (unpaired) electrons. The summed E-state index contributed by atoms with van der Waals surface area (Å²) >= 11 is 11.6. The molecule has 1 aliphatic heterocycles. The van der Waals surface area contributed by atoms with Gasteiger partial charge < -0.3 is 14.9 Å². The van der Waals surface area contributed by atoms with E-state index < -0.39 is 18.2 Å². The van der Waals surface area contributed by atoms with Gasteiger partial charge >= 0.3 is 5.97 Å². The molecule has 2 N–H and O–H groups in total. The number of aliphatic carboxylic acids is 1. The molecular formula is C10H8Cl2O4. The first-order valence-corrected chi connectivity index (χ1v) is 5.31. The van der Waals surface area contributed by atoms with E-state index in [0.29, 0.717) is 10.6 Å². The van der Waals surface area contributed by atoms with Crippen molar-refractivity contribution in [2.75, 3.05) is 0 Å². The molecule has 4 nitrogen and oxygen atoms in total. The Hall–Kier alpha value is -0.970. The van der Waals surface area contributed by atoms with Crippen LogP contribution in [0.15, 0.2) is 12.1 Å². The largest absolute Gasteiger partial charge is 0.479 e. The zero-order chi connectivity index (χ0) is 11.9. The summed E-state index contributed by atoms with van der Waals surface area (Å²) in [7, 11) is 0. The minimum atomic E-state index is -1.12. The molecule has 1 aromatic carbocycles. The maximum Gasteiger partial charge on any atom is 0.345 e. The molecule has 0 spiro atoms. The molecule has 16 heavy (non-hydrogen) atoms. The molecule has 2 rings (SSSR count). The van der Waals surface area contributed by atoms with E-state index in [1.165, 1.54) is 12.1 Å². The number of carbonyl (C=O) groups is 1. The van der Waals surface area contributed by atoms with Crippen molar-refractivity contribution in [3.63, 3.8) is 0 Å². The van der Waals surface area contributed by atoms with Crippen molar-refractivity contribution in [1.82, 2.24) is 0 Å². The molecule has 86 valence electrons. The zero-order valence-corrected chi connectivity index (χ0v) is 9.50. The lowest BCUT2D eigenvalue weighted by Gasteiger charge is -2.27. The SMILES string of the molecule is O=C(O)[C@H]1C[C@H](O)c2cc(Cl)c(Cl)cc2O1. The number of ether oxygens (including phenoxy) is 1. The summed E-state index contributed by atoms with van der Waals surface area (Å²) in [5, 5.41) is 19.1. The van der Waals surface area contributed by atoms with Gasteiger partial charge in [0.1, 0.15) is 5.75 Å². The van der Waals surface area contributed by atoms with Crippen LogP contribution < -0.4 is 4.74 Å². The molecule has 6 heteroatoms. The second-order valence-corrected chi connectivity index (χ2v) is 4.31. The summed E-state index contributed by atoms with van der Waals surface area (Å²) in [4.78, 5) is 10.8. The second kappa shape index (κ2) is 4.13. The molecule has 0 unspecified atom stereocenters. The Kier molecular flexibility index (Phi) is 2.97. The highest BCUT2D eigenvalue weighted by molar-refractivity contribution is 6.42. The molecule has 0 saturated heterocycles. The van der Waals surface area contributed by atoms with E-state index in [2.05, 4.69) is 0 Å². The van der Waals surface area contributed by atoms with E-state index in [-0.39, 0.29) is 17.2 Å². The van der Waals surface area contributed by atoms with E-state index in [9.17, 15) is 9.90 Å². The molecule has 0 aliphatic carbocycles. The second-order valence-electron chi connectivity index (χ2n) is 3.50. The normalized spacial score (nSPS) is 23.4. The predicted octanol–water partition coefficient (Wildman–Crippen LogP) is 2.26. The standard InChI is InChI=1S/C10H8Cl2O4/c11-5-1-4-7(13)3-9(10(14)15)16-8(4)2-6(5)12/h1-2,7,9,13H,3H2,(H,14,15)/t7-,9+/m0/s1. The van der Waals surface area contributed by atoms with Gasteiger partial charge in [0, 0.05) is 18.1 Å². The first-order valence-electron chi connectivity index (χ1n) is 4.55. The number of carboxylic acid groups (broad SMARTS) is 1. The van der Waals surface area contributed by atoms with Gasteiger partial charge in [-0.3, -0.25) is 0 Å². The number of hydrogen-bond acceptors (Lipinski definition) is 3. The molecule has 1 aromatic rings. The smallest absolute Gasteiger partial charge is 0.345 e. The summed E-state index contributed by atoms with van der Waals surface area (Å²) in [5.74, 6) is -0.851. The third kappa shape index (κ3) is 1.96. The van der Waals surface area contributed by atoms with Gasteiger partial charge in [-0.05, 0) is 6.07 Å². The predicted molar refractivity (Wildman–Crippen MR) is 58.1 cm³/mol. The molecule has 1 aliphatic rings. The van der Waals surface area contributed by atoms with Gasteiger partial charge in [0.25, 0.3) is 0 Å². The summed E-state index contributed by atoms with van der Waals surface area (Å²) in [6, 6.07) is 2.90. The highest BCUT2D eigenvalue weighted by Gasteiger charge is 2.32. The van der Waals surface area contributed by atoms with Crippen LogP contribution in [0.2, 0.25) is 10.0 Å². The van der Waals surface area contributed by atoms with E-state index in [0.717, 1.165) is 0 Å². The number of fused-ring (bicyclic) bond motifs is 1. The first kappa shape index (κ1) is 11.5. The number of carboxylic acids is 1. The van der Waals surface area contributed by atoms with Gasteiger partial charge in [-0.1, -0.05) is 23.2 Å². The van der Waals surface area contributed by atoms with Gasteiger partial charge in [0.15, 0.2) is 6.10 Å². The fraction of sp³-hybridized carbons (Fsp3) is 0.300. The topological polar surface area (TPSA) is 66.8 Å². The Morgan fingerprint density at radius 2 is 2.00 bits per heavy atom.